The van der Waals surface area contributed by atoms with Crippen LogP contribution in [0, 0.1) is 11.6 Å². The number of anilines is 2. The topological polar surface area (TPSA) is 68.0 Å². The second-order valence-electron chi connectivity index (χ2n) is 5.21. The van der Waals surface area contributed by atoms with Gasteiger partial charge >= 0.3 is 6.09 Å². The molecule has 0 spiro atoms. The molecular formula is C14H17F2N3O3. The Morgan fingerprint density at radius 1 is 1.23 bits per heavy atom. The van der Waals surface area contributed by atoms with Crippen LogP contribution in [0.2, 0.25) is 0 Å². The van der Waals surface area contributed by atoms with Crippen molar-refractivity contribution in [2.45, 2.75) is 6.10 Å². The van der Waals surface area contributed by atoms with Gasteiger partial charge in [0.15, 0.2) is 11.6 Å². The Morgan fingerprint density at radius 3 is 2.41 bits per heavy atom. The maximum Gasteiger partial charge on any atom is 0.414 e. The third-order valence-electron chi connectivity index (χ3n) is 3.78. The second-order valence-corrected chi connectivity index (χ2v) is 5.21. The van der Waals surface area contributed by atoms with E-state index < -0.39 is 23.8 Å². The predicted molar refractivity (Wildman–Crippen MR) is 76.1 cm³/mol. The third-order valence-corrected chi connectivity index (χ3v) is 3.78. The molecule has 0 aromatic heterocycles. The highest BCUT2D eigenvalue weighted by atomic mass is 19.1. The summed E-state index contributed by atoms with van der Waals surface area (Å²) < 4.78 is 38.8. The number of ether oxygens (including phenoxy) is 2. The van der Waals surface area contributed by atoms with E-state index in [4.69, 9.17) is 15.2 Å². The molecule has 2 heterocycles. The van der Waals surface area contributed by atoms with Crippen molar-refractivity contribution in [1.29, 1.82) is 0 Å². The van der Waals surface area contributed by atoms with Crippen LogP contribution in [-0.4, -0.2) is 51.6 Å². The maximum atomic E-state index is 14.3. The highest BCUT2D eigenvalue weighted by molar-refractivity contribution is 5.90. The van der Waals surface area contributed by atoms with Gasteiger partial charge in [-0.1, -0.05) is 0 Å². The van der Waals surface area contributed by atoms with Crippen LogP contribution in [0.15, 0.2) is 12.1 Å². The molecule has 6 nitrogen and oxygen atoms in total. The number of carbonyl (C=O) groups excluding carboxylic acids is 1. The molecule has 120 valence electrons. The molecule has 1 atom stereocenters. The van der Waals surface area contributed by atoms with Gasteiger partial charge in [-0.3, -0.25) is 4.90 Å². The Balaban J connectivity index is 1.87. The fourth-order valence-electron chi connectivity index (χ4n) is 2.65. The molecule has 1 amide bonds. The maximum absolute atomic E-state index is 14.3. The van der Waals surface area contributed by atoms with Crippen LogP contribution < -0.4 is 15.5 Å². The molecule has 22 heavy (non-hydrogen) atoms. The van der Waals surface area contributed by atoms with Crippen LogP contribution >= 0.6 is 0 Å². The van der Waals surface area contributed by atoms with Crippen LogP contribution in [0.25, 0.3) is 0 Å². The number of benzene rings is 1. The van der Waals surface area contributed by atoms with E-state index in [2.05, 4.69) is 0 Å². The highest BCUT2D eigenvalue weighted by Crippen LogP contribution is 2.31. The smallest absolute Gasteiger partial charge is 0.414 e. The molecule has 2 saturated heterocycles. The van der Waals surface area contributed by atoms with Gasteiger partial charge in [-0.25, -0.2) is 13.6 Å². The number of morpholine rings is 1. The second kappa shape index (κ2) is 6.05. The molecule has 0 unspecified atom stereocenters. The van der Waals surface area contributed by atoms with E-state index in [1.807, 2.05) is 0 Å². The summed E-state index contributed by atoms with van der Waals surface area (Å²) in [5, 5.41) is 0. The largest absolute Gasteiger partial charge is 0.443 e. The van der Waals surface area contributed by atoms with Gasteiger partial charge in [0.2, 0.25) is 0 Å². The summed E-state index contributed by atoms with van der Waals surface area (Å²) in [6.45, 7) is 2.06. The molecule has 2 N–H and O–H groups in total. The normalized spacial score (nSPS) is 22.1. The monoisotopic (exact) mass is 313 g/mol. The van der Waals surface area contributed by atoms with Crippen molar-refractivity contribution in [2.75, 3.05) is 49.2 Å². The number of halogens is 2. The first-order valence-corrected chi connectivity index (χ1v) is 7.10. The van der Waals surface area contributed by atoms with E-state index in [0.29, 0.717) is 26.3 Å². The van der Waals surface area contributed by atoms with Gasteiger partial charge in [-0.2, -0.15) is 0 Å². The molecule has 0 saturated carbocycles. The number of carbonyl (C=O) groups is 1. The molecule has 0 bridgehead atoms. The van der Waals surface area contributed by atoms with Gasteiger partial charge in [0.25, 0.3) is 0 Å². The summed E-state index contributed by atoms with van der Waals surface area (Å²) in [5.41, 5.74) is 5.49. The average molecular weight is 313 g/mol. The van der Waals surface area contributed by atoms with Gasteiger partial charge in [0, 0.05) is 31.8 Å². The first kappa shape index (κ1) is 15.0. The number of amides is 1. The van der Waals surface area contributed by atoms with Gasteiger partial charge < -0.3 is 20.1 Å². The molecule has 1 aromatic rings. The SMILES string of the molecule is NC[C@H]1CN(c2cc(F)c(N3CCOCC3)c(F)c2)C(=O)O1. The van der Waals surface area contributed by atoms with Crippen LogP contribution in [0.4, 0.5) is 25.0 Å². The van der Waals surface area contributed by atoms with Crippen molar-refractivity contribution in [3.05, 3.63) is 23.8 Å². The summed E-state index contributed by atoms with van der Waals surface area (Å²) in [5.74, 6) is -1.42. The minimum atomic E-state index is -0.708. The molecule has 2 fully saturated rings. The first-order chi connectivity index (χ1) is 10.6. The fraction of sp³-hybridized carbons (Fsp3) is 0.500. The van der Waals surface area contributed by atoms with E-state index in [9.17, 15) is 13.6 Å². The number of nitrogens with two attached hydrogens (primary N) is 1. The number of rotatable bonds is 3. The van der Waals surface area contributed by atoms with Crippen molar-refractivity contribution in [1.82, 2.24) is 0 Å². The van der Waals surface area contributed by atoms with Crippen molar-refractivity contribution in [3.63, 3.8) is 0 Å². The zero-order valence-electron chi connectivity index (χ0n) is 11.9. The molecule has 0 aliphatic carbocycles. The zero-order chi connectivity index (χ0) is 15.7. The number of hydrogen-bond acceptors (Lipinski definition) is 5. The van der Waals surface area contributed by atoms with Crippen LogP contribution in [-0.2, 0) is 9.47 Å². The summed E-state index contributed by atoms with van der Waals surface area (Å²) in [7, 11) is 0. The van der Waals surface area contributed by atoms with Crippen molar-refractivity contribution < 1.29 is 23.0 Å². The summed E-state index contributed by atoms with van der Waals surface area (Å²) in [4.78, 5) is 14.5. The van der Waals surface area contributed by atoms with Crippen molar-refractivity contribution >= 4 is 17.5 Å². The first-order valence-electron chi connectivity index (χ1n) is 7.10. The third kappa shape index (κ3) is 2.71. The van der Waals surface area contributed by atoms with Crippen LogP contribution in [0.3, 0.4) is 0 Å². The van der Waals surface area contributed by atoms with Crippen LogP contribution in [0.1, 0.15) is 0 Å². The predicted octanol–water partition coefficient (Wildman–Crippen LogP) is 1.09. The van der Waals surface area contributed by atoms with Crippen molar-refractivity contribution in [2.24, 2.45) is 5.73 Å². The molecule has 2 aliphatic rings. The fourth-order valence-corrected chi connectivity index (χ4v) is 2.65. The molecule has 2 aliphatic heterocycles. The van der Waals surface area contributed by atoms with E-state index in [1.165, 1.54) is 4.90 Å². The van der Waals surface area contributed by atoms with E-state index in [0.717, 1.165) is 12.1 Å². The Morgan fingerprint density at radius 2 is 1.86 bits per heavy atom. The van der Waals surface area contributed by atoms with E-state index >= 15 is 0 Å². The molecular weight excluding hydrogens is 296 g/mol. The standard InChI is InChI=1S/C14H17F2N3O3/c15-11-5-9(19-8-10(7-17)22-14(19)20)6-12(16)13(11)18-1-3-21-4-2-18/h5-6,10H,1-4,7-8,17H2/t10-/m0/s1. The Bertz CT molecular complexity index is 555. The van der Waals surface area contributed by atoms with Crippen LogP contribution in [0.5, 0.6) is 0 Å². The van der Waals surface area contributed by atoms with E-state index in [-0.39, 0.29) is 24.5 Å². The molecule has 1 aromatic carbocycles. The minimum Gasteiger partial charge on any atom is -0.443 e. The van der Waals surface area contributed by atoms with Crippen molar-refractivity contribution in [3.8, 4) is 0 Å². The minimum absolute atomic E-state index is 0.0880. The summed E-state index contributed by atoms with van der Waals surface area (Å²) >= 11 is 0. The lowest BCUT2D eigenvalue weighted by molar-refractivity contribution is 0.122. The van der Waals surface area contributed by atoms with Gasteiger partial charge in [0.1, 0.15) is 11.8 Å². The molecule has 8 heteroatoms. The quantitative estimate of drug-likeness (QED) is 0.904. The lowest BCUT2D eigenvalue weighted by Gasteiger charge is -2.29. The number of cyclic esters (lactones) is 1. The van der Waals surface area contributed by atoms with Gasteiger partial charge in [-0.05, 0) is 0 Å². The van der Waals surface area contributed by atoms with Gasteiger partial charge in [0.05, 0.1) is 25.4 Å². The highest BCUT2D eigenvalue weighted by Gasteiger charge is 2.33. The molecule has 3 rings (SSSR count). The molecule has 0 radical (unpaired) electrons. The summed E-state index contributed by atoms with van der Waals surface area (Å²) in [6, 6.07) is 2.29. The number of nitrogens with zero attached hydrogens (tertiary/aromatic N) is 2. The van der Waals surface area contributed by atoms with Gasteiger partial charge in [-0.15, -0.1) is 0 Å². The zero-order valence-corrected chi connectivity index (χ0v) is 11.9. The Hall–Kier alpha value is -1.93. The average Bonchev–Trinajstić information content (AvgIpc) is 2.89. The Labute approximate surface area is 126 Å². The van der Waals surface area contributed by atoms with E-state index in [1.54, 1.807) is 4.90 Å². The lowest BCUT2D eigenvalue weighted by atomic mass is 10.2. The number of hydrogen-bond donors (Lipinski definition) is 1. The lowest BCUT2D eigenvalue weighted by Crippen LogP contribution is -2.37. The Kier molecular flexibility index (Phi) is 4.12. The summed E-state index contributed by atoms with van der Waals surface area (Å²) in [6.07, 6.45) is -1.11.